The molecule has 0 aromatic carbocycles. The lowest BCUT2D eigenvalue weighted by Gasteiger charge is -2.17. The molecule has 0 bridgehead atoms. The third-order valence-corrected chi connectivity index (χ3v) is 4.95. The van der Waals surface area contributed by atoms with Gasteiger partial charge in [0.2, 0.25) is 5.91 Å². The summed E-state index contributed by atoms with van der Waals surface area (Å²) in [7, 11) is 0. The van der Waals surface area contributed by atoms with Gasteiger partial charge in [-0.25, -0.2) is 14.3 Å². The number of rotatable bonds is 4. The number of alkyl halides is 9. The van der Waals surface area contributed by atoms with Crippen LogP contribution in [0.3, 0.4) is 0 Å². The Labute approximate surface area is 262 Å². The quantitative estimate of drug-likeness (QED) is 0.195. The molecule has 4 heterocycles. The zero-order valence-electron chi connectivity index (χ0n) is 23.9. The normalized spacial score (nSPS) is 13.8. The number of anilines is 2. The van der Waals surface area contributed by atoms with Crippen LogP contribution in [0.2, 0.25) is 0 Å². The first kappa shape index (κ1) is 42.3. The largest absolute Gasteiger partial charge is 0.490 e. The highest BCUT2D eigenvalue weighted by Crippen LogP contribution is 2.35. The van der Waals surface area contributed by atoms with Gasteiger partial charge in [-0.2, -0.15) is 39.5 Å². The van der Waals surface area contributed by atoms with Crippen molar-refractivity contribution in [1.29, 1.82) is 0 Å². The molecule has 266 valence electrons. The summed E-state index contributed by atoms with van der Waals surface area (Å²) in [5, 5.41) is 31.2. The van der Waals surface area contributed by atoms with Crippen molar-refractivity contribution in [3.05, 3.63) is 48.4 Å². The Morgan fingerprint density at radius 3 is 1.94 bits per heavy atom. The summed E-state index contributed by atoms with van der Waals surface area (Å²) in [6.07, 6.45) is -11.5. The second kappa shape index (κ2) is 19.1. The van der Waals surface area contributed by atoms with Gasteiger partial charge in [0.25, 0.3) is 18.9 Å². The second-order valence-electron chi connectivity index (χ2n) is 8.46. The van der Waals surface area contributed by atoms with E-state index in [0.29, 0.717) is 17.0 Å². The summed E-state index contributed by atoms with van der Waals surface area (Å²) < 4.78 is 96.0. The standard InChI is InChI=1S/C18H19N7O2.C2F6.C2HF3O2.2CH2O2/c1-12(26)20-14-6-8-24(10-14)17-5-4-16-21-15(11-25(16)23-17)22-18(27)13-3-2-7-19-9-13;3-1(4,5)2(6,7)8;3-2(4,5)1(6)7;2*2-1-3/h2-5,7,9,11,14H,6,8,10H2,1H3,(H,20,26)(H,22,27);;(H,6,7);2*1H,(H,2,3)/t14-;;;;/m1..../s1. The topological polar surface area (TPSA) is 216 Å². The number of hydrogen-bond donors (Lipinski definition) is 5. The Morgan fingerprint density at radius 2 is 1.50 bits per heavy atom. The first-order chi connectivity index (χ1) is 22.1. The van der Waals surface area contributed by atoms with E-state index in [1.807, 2.05) is 12.1 Å². The zero-order chi connectivity index (χ0) is 37.3. The highest BCUT2D eigenvalue weighted by atomic mass is 19.5. The number of aliphatic carboxylic acids is 1. The van der Waals surface area contributed by atoms with Gasteiger partial charge in [-0.05, 0) is 30.7 Å². The number of amides is 2. The first-order valence-electron chi connectivity index (χ1n) is 12.3. The number of aromatic nitrogens is 4. The number of nitrogens with one attached hydrogen (secondary N) is 2. The molecule has 48 heavy (non-hydrogen) atoms. The number of nitrogens with zero attached hydrogens (tertiary/aromatic N) is 5. The van der Waals surface area contributed by atoms with Gasteiger partial charge in [0, 0.05) is 38.4 Å². The van der Waals surface area contributed by atoms with Gasteiger partial charge in [0.1, 0.15) is 5.82 Å². The van der Waals surface area contributed by atoms with Crippen molar-refractivity contribution < 1.29 is 78.8 Å². The highest BCUT2D eigenvalue weighted by molar-refractivity contribution is 6.03. The highest BCUT2D eigenvalue weighted by Gasteiger charge is 2.58. The first-order valence-corrected chi connectivity index (χ1v) is 12.3. The molecule has 1 saturated heterocycles. The van der Waals surface area contributed by atoms with Gasteiger partial charge in [-0.15, -0.1) is 5.10 Å². The molecule has 5 N–H and O–H groups in total. The van der Waals surface area contributed by atoms with Crippen LogP contribution in [0.25, 0.3) is 5.65 Å². The lowest BCUT2D eigenvalue weighted by Crippen LogP contribution is -2.35. The molecule has 1 atom stereocenters. The van der Waals surface area contributed by atoms with Crippen LogP contribution in [-0.2, 0) is 19.2 Å². The Morgan fingerprint density at radius 1 is 0.958 bits per heavy atom. The SMILES string of the molecule is CC(=O)N[C@@H]1CCN(c2ccc3nc(NC(=O)c4cccnc4)cn3n2)C1.FC(F)(F)C(F)(F)F.O=C(O)C(F)(F)F.O=CO.O=CO. The maximum atomic E-state index is 12.2. The van der Waals surface area contributed by atoms with E-state index in [0.717, 1.165) is 25.3 Å². The number of halogens is 9. The number of carbonyl (C=O) groups excluding carboxylic acids is 2. The van der Waals surface area contributed by atoms with Crippen LogP contribution in [0.1, 0.15) is 23.7 Å². The molecule has 0 unspecified atom stereocenters. The number of carbonyl (C=O) groups is 5. The van der Waals surface area contributed by atoms with Crippen molar-refractivity contribution in [2.75, 3.05) is 23.3 Å². The van der Waals surface area contributed by atoms with E-state index >= 15 is 0 Å². The van der Waals surface area contributed by atoms with E-state index < -0.39 is 24.5 Å². The van der Waals surface area contributed by atoms with E-state index in [-0.39, 0.29) is 30.8 Å². The van der Waals surface area contributed by atoms with Crippen molar-refractivity contribution in [2.45, 2.75) is 37.9 Å². The maximum absolute atomic E-state index is 12.2. The van der Waals surface area contributed by atoms with Gasteiger partial charge in [0.15, 0.2) is 11.5 Å². The lowest BCUT2D eigenvalue weighted by atomic mass is 10.3. The molecule has 3 aromatic heterocycles. The predicted octanol–water partition coefficient (Wildman–Crippen LogP) is 3.24. The van der Waals surface area contributed by atoms with Gasteiger partial charge in [-0.1, -0.05) is 0 Å². The molecule has 15 nitrogen and oxygen atoms in total. The van der Waals surface area contributed by atoms with Crippen molar-refractivity contribution in [3.63, 3.8) is 0 Å². The Balaban J connectivity index is 0.000000864. The van der Waals surface area contributed by atoms with E-state index in [9.17, 15) is 49.1 Å². The average Bonchev–Trinajstić information content (AvgIpc) is 3.59. The molecule has 0 spiro atoms. The van der Waals surface area contributed by atoms with E-state index in [1.165, 1.54) is 13.1 Å². The number of pyridine rings is 1. The van der Waals surface area contributed by atoms with Crippen LogP contribution in [0.4, 0.5) is 51.1 Å². The van der Waals surface area contributed by atoms with Crippen molar-refractivity contribution in [1.82, 2.24) is 24.9 Å². The molecule has 3 aromatic rings. The van der Waals surface area contributed by atoms with Crippen molar-refractivity contribution in [3.8, 4) is 0 Å². The third kappa shape index (κ3) is 15.5. The number of imidazole rings is 1. The van der Waals surface area contributed by atoms with Gasteiger partial charge >= 0.3 is 24.5 Å². The summed E-state index contributed by atoms with van der Waals surface area (Å²) in [6.45, 7) is 2.57. The summed E-state index contributed by atoms with van der Waals surface area (Å²) in [5.41, 5.74) is 1.10. The fraction of sp³-hybridized carbons (Fsp3) is 0.333. The lowest BCUT2D eigenvalue weighted by molar-refractivity contribution is -0.339. The number of carboxylic acid groups (broad SMARTS) is 3. The van der Waals surface area contributed by atoms with E-state index in [2.05, 4.69) is 30.6 Å². The molecule has 0 radical (unpaired) electrons. The molecular weight excluding hydrogens is 685 g/mol. The molecule has 1 aliphatic heterocycles. The van der Waals surface area contributed by atoms with Gasteiger partial charge in [0.05, 0.1) is 11.8 Å². The minimum atomic E-state index is -6.06. The van der Waals surface area contributed by atoms with Crippen LogP contribution in [0, 0.1) is 0 Å². The van der Waals surface area contributed by atoms with Gasteiger partial charge < -0.3 is 30.9 Å². The number of carboxylic acids is 1. The molecule has 1 aliphatic rings. The molecule has 0 saturated carbocycles. The summed E-state index contributed by atoms with van der Waals surface area (Å²) in [6, 6.07) is 7.28. The predicted molar refractivity (Wildman–Crippen MR) is 143 cm³/mol. The Hall–Kier alpha value is -5.71. The molecule has 24 heteroatoms. The minimum Gasteiger partial charge on any atom is -0.483 e. The van der Waals surface area contributed by atoms with Crippen molar-refractivity contribution in [2.24, 2.45) is 0 Å². The molecule has 1 fully saturated rings. The van der Waals surface area contributed by atoms with Crippen LogP contribution in [-0.4, -0.2) is 103 Å². The third-order valence-electron chi connectivity index (χ3n) is 4.95. The maximum Gasteiger partial charge on any atom is 0.490 e. The van der Waals surface area contributed by atoms with Crippen LogP contribution in [0.5, 0.6) is 0 Å². The molecule has 0 aliphatic carbocycles. The second-order valence-corrected chi connectivity index (χ2v) is 8.46. The number of fused-ring (bicyclic) bond motifs is 1. The van der Waals surface area contributed by atoms with E-state index in [1.54, 1.807) is 29.0 Å². The number of hydrogen-bond acceptors (Lipinski definition) is 9. The summed E-state index contributed by atoms with van der Waals surface area (Å²) >= 11 is 0. The van der Waals surface area contributed by atoms with Gasteiger partial charge in [-0.3, -0.25) is 24.2 Å². The fourth-order valence-corrected chi connectivity index (χ4v) is 3.16. The minimum absolute atomic E-state index is 0.0196. The molecule has 2 amide bonds. The monoisotopic (exact) mass is 709 g/mol. The fourth-order valence-electron chi connectivity index (χ4n) is 3.16. The van der Waals surface area contributed by atoms with Crippen LogP contribution < -0.4 is 15.5 Å². The zero-order valence-corrected chi connectivity index (χ0v) is 23.9. The Kier molecular flexibility index (Phi) is 16.8. The Bertz CT molecular complexity index is 1470. The average molecular weight is 709 g/mol. The van der Waals surface area contributed by atoms with Crippen LogP contribution in [0.15, 0.2) is 42.9 Å². The molecular formula is C24H24F9N7O8. The molecule has 4 rings (SSSR count). The van der Waals surface area contributed by atoms with E-state index in [4.69, 9.17) is 29.7 Å². The van der Waals surface area contributed by atoms with Crippen LogP contribution >= 0.6 is 0 Å². The summed E-state index contributed by atoms with van der Waals surface area (Å²) in [4.78, 5) is 59.5. The van der Waals surface area contributed by atoms with Crippen molar-refractivity contribution >= 4 is 48.0 Å². The smallest absolute Gasteiger partial charge is 0.483 e. The summed E-state index contributed by atoms with van der Waals surface area (Å²) in [5.74, 6) is -1.82.